The Bertz CT molecular complexity index is 1350. The Kier molecular flexibility index (Phi) is 6.83. The number of benzene rings is 2. The molecule has 0 aliphatic heterocycles. The summed E-state index contributed by atoms with van der Waals surface area (Å²) in [5.41, 5.74) is 8.37. The van der Waals surface area contributed by atoms with Crippen molar-refractivity contribution < 1.29 is 9.18 Å². The first kappa shape index (κ1) is 23.3. The van der Waals surface area contributed by atoms with Crippen LogP contribution in [0.15, 0.2) is 65.8 Å². The van der Waals surface area contributed by atoms with Crippen molar-refractivity contribution in [3.8, 4) is 0 Å². The van der Waals surface area contributed by atoms with Crippen molar-refractivity contribution in [1.82, 2.24) is 14.9 Å². The van der Waals surface area contributed by atoms with E-state index in [9.17, 15) is 9.18 Å². The number of aliphatic imine (C=N–C) groups is 1. The number of nitrogens with one attached hydrogen (secondary N) is 1. The number of carbonyl (C=O) groups excluding carboxylic acids is 1. The SMILES string of the molecule is CN=C(N)Nc1ccc(C(=O)N(Cc2ccc3nc(C)sc3c2)[C@H](C)c2ccccc2F)cn1. The Balaban J connectivity index is 1.67. The molecule has 2 aromatic carbocycles. The number of amides is 1. The zero-order valence-corrected chi connectivity index (χ0v) is 19.9. The number of aromatic nitrogens is 2. The van der Waals surface area contributed by atoms with E-state index in [4.69, 9.17) is 5.73 Å². The van der Waals surface area contributed by atoms with Crippen LogP contribution in [0.1, 0.15) is 39.5 Å². The van der Waals surface area contributed by atoms with Crippen LogP contribution in [0.25, 0.3) is 10.2 Å². The molecule has 34 heavy (non-hydrogen) atoms. The topological polar surface area (TPSA) is 96.5 Å². The molecule has 0 aliphatic carbocycles. The molecule has 1 amide bonds. The maximum Gasteiger partial charge on any atom is 0.256 e. The lowest BCUT2D eigenvalue weighted by atomic mass is 10.0. The van der Waals surface area contributed by atoms with E-state index in [1.807, 2.05) is 32.0 Å². The fourth-order valence-electron chi connectivity index (χ4n) is 3.69. The number of rotatable bonds is 6. The van der Waals surface area contributed by atoms with Crippen LogP contribution in [0.5, 0.6) is 0 Å². The average molecular weight is 477 g/mol. The summed E-state index contributed by atoms with van der Waals surface area (Å²) >= 11 is 1.60. The van der Waals surface area contributed by atoms with E-state index in [1.54, 1.807) is 53.6 Å². The first-order valence-electron chi connectivity index (χ1n) is 10.7. The van der Waals surface area contributed by atoms with Crippen LogP contribution >= 0.6 is 11.3 Å². The lowest BCUT2D eigenvalue weighted by molar-refractivity contribution is 0.0671. The molecule has 2 heterocycles. The highest BCUT2D eigenvalue weighted by molar-refractivity contribution is 7.18. The molecule has 174 valence electrons. The van der Waals surface area contributed by atoms with Gasteiger partial charge in [-0.2, -0.15) is 0 Å². The quantitative estimate of drug-likeness (QED) is 0.305. The van der Waals surface area contributed by atoms with Gasteiger partial charge in [0.05, 0.1) is 26.8 Å². The van der Waals surface area contributed by atoms with Gasteiger partial charge in [0.1, 0.15) is 11.6 Å². The lowest BCUT2D eigenvalue weighted by Crippen LogP contribution is -2.33. The average Bonchev–Trinajstić information content (AvgIpc) is 3.21. The summed E-state index contributed by atoms with van der Waals surface area (Å²) in [6, 6.07) is 15.3. The molecule has 3 N–H and O–H groups in total. The summed E-state index contributed by atoms with van der Waals surface area (Å²) in [5, 5.41) is 3.82. The predicted molar refractivity (Wildman–Crippen MR) is 134 cm³/mol. The second-order valence-corrected chi connectivity index (χ2v) is 9.07. The summed E-state index contributed by atoms with van der Waals surface area (Å²) in [4.78, 5) is 27.9. The maximum atomic E-state index is 14.6. The van der Waals surface area contributed by atoms with Gasteiger partial charge in [-0.3, -0.25) is 9.79 Å². The van der Waals surface area contributed by atoms with Crippen LogP contribution in [0.2, 0.25) is 0 Å². The Labute approximate surface area is 201 Å². The lowest BCUT2D eigenvalue weighted by Gasteiger charge is -2.30. The number of thiazole rings is 1. The molecular formula is C25H25FN6OS. The summed E-state index contributed by atoms with van der Waals surface area (Å²) in [5.74, 6) is 0.0790. The van der Waals surface area contributed by atoms with Crippen molar-refractivity contribution >= 4 is 39.2 Å². The molecule has 0 aliphatic rings. The number of hydrogen-bond donors (Lipinski definition) is 2. The van der Waals surface area contributed by atoms with Gasteiger partial charge >= 0.3 is 0 Å². The number of carbonyl (C=O) groups is 1. The monoisotopic (exact) mass is 476 g/mol. The van der Waals surface area contributed by atoms with Gasteiger partial charge in [-0.1, -0.05) is 24.3 Å². The third-order valence-electron chi connectivity index (χ3n) is 5.50. The van der Waals surface area contributed by atoms with Crippen LogP contribution in [0, 0.1) is 12.7 Å². The number of anilines is 1. The number of pyridine rings is 1. The van der Waals surface area contributed by atoms with Crippen molar-refractivity contribution in [2.45, 2.75) is 26.4 Å². The van der Waals surface area contributed by atoms with Gasteiger partial charge in [-0.05, 0) is 49.7 Å². The van der Waals surface area contributed by atoms with E-state index in [1.165, 1.54) is 12.3 Å². The van der Waals surface area contributed by atoms with Crippen LogP contribution in [-0.2, 0) is 6.54 Å². The molecule has 0 unspecified atom stereocenters. The van der Waals surface area contributed by atoms with E-state index in [-0.39, 0.29) is 17.7 Å². The number of nitrogens with two attached hydrogens (primary N) is 1. The second-order valence-electron chi connectivity index (χ2n) is 7.83. The molecule has 4 rings (SSSR count). The summed E-state index contributed by atoms with van der Waals surface area (Å²) in [6.45, 7) is 4.09. The van der Waals surface area contributed by atoms with Crippen LogP contribution in [-0.4, -0.2) is 33.8 Å². The molecule has 0 radical (unpaired) electrons. The van der Waals surface area contributed by atoms with Gasteiger partial charge in [-0.15, -0.1) is 11.3 Å². The Morgan fingerprint density at radius 3 is 2.74 bits per heavy atom. The fourth-order valence-corrected chi connectivity index (χ4v) is 4.58. The highest BCUT2D eigenvalue weighted by atomic mass is 32.1. The third kappa shape index (κ3) is 5.04. The Morgan fingerprint density at radius 2 is 2.03 bits per heavy atom. The molecule has 0 bridgehead atoms. The zero-order valence-electron chi connectivity index (χ0n) is 19.1. The van der Waals surface area contributed by atoms with Gasteiger partial charge in [-0.25, -0.2) is 14.4 Å². The van der Waals surface area contributed by atoms with Gasteiger partial charge in [0, 0.05) is 25.4 Å². The fraction of sp³-hybridized carbons (Fsp3) is 0.200. The first-order valence-corrected chi connectivity index (χ1v) is 11.5. The van der Waals surface area contributed by atoms with E-state index >= 15 is 0 Å². The molecule has 0 saturated carbocycles. The zero-order chi connectivity index (χ0) is 24.2. The normalized spacial score (nSPS) is 12.5. The predicted octanol–water partition coefficient (Wildman–Crippen LogP) is 4.90. The Morgan fingerprint density at radius 1 is 1.24 bits per heavy atom. The van der Waals surface area contributed by atoms with E-state index in [0.29, 0.717) is 23.5 Å². The number of fused-ring (bicyclic) bond motifs is 1. The molecule has 0 fully saturated rings. The largest absolute Gasteiger partial charge is 0.370 e. The summed E-state index contributed by atoms with van der Waals surface area (Å²) in [6.07, 6.45) is 1.48. The molecule has 4 aromatic rings. The minimum absolute atomic E-state index is 0.218. The van der Waals surface area contributed by atoms with Crippen LogP contribution < -0.4 is 11.1 Å². The van der Waals surface area contributed by atoms with E-state index in [2.05, 4.69) is 20.3 Å². The first-order chi connectivity index (χ1) is 16.4. The summed E-state index contributed by atoms with van der Waals surface area (Å²) in [7, 11) is 1.56. The molecule has 1 atom stereocenters. The molecule has 9 heteroatoms. The number of nitrogens with zero attached hydrogens (tertiary/aromatic N) is 4. The minimum Gasteiger partial charge on any atom is -0.370 e. The maximum absolute atomic E-state index is 14.6. The smallest absolute Gasteiger partial charge is 0.256 e. The second kappa shape index (κ2) is 9.96. The highest BCUT2D eigenvalue weighted by Gasteiger charge is 2.25. The minimum atomic E-state index is -0.506. The van der Waals surface area contributed by atoms with Crippen LogP contribution in [0.3, 0.4) is 0 Å². The summed E-state index contributed by atoms with van der Waals surface area (Å²) < 4.78 is 15.7. The molecule has 0 spiro atoms. The van der Waals surface area contributed by atoms with Crippen molar-refractivity contribution in [3.63, 3.8) is 0 Å². The van der Waals surface area contributed by atoms with Crippen molar-refractivity contribution in [1.29, 1.82) is 0 Å². The van der Waals surface area contributed by atoms with Gasteiger partial charge in [0.25, 0.3) is 5.91 Å². The van der Waals surface area contributed by atoms with Gasteiger partial charge in [0.15, 0.2) is 5.96 Å². The number of halogens is 1. The van der Waals surface area contributed by atoms with E-state index < -0.39 is 6.04 Å². The molecule has 7 nitrogen and oxygen atoms in total. The van der Waals surface area contributed by atoms with Crippen molar-refractivity contribution in [2.75, 3.05) is 12.4 Å². The van der Waals surface area contributed by atoms with Crippen molar-refractivity contribution in [3.05, 3.63) is 88.3 Å². The van der Waals surface area contributed by atoms with Gasteiger partial charge in [0.2, 0.25) is 0 Å². The van der Waals surface area contributed by atoms with Crippen LogP contribution in [0.4, 0.5) is 10.2 Å². The molecular weight excluding hydrogens is 451 g/mol. The van der Waals surface area contributed by atoms with Gasteiger partial charge < -0.3 is 16.0 Å². The molecule has 2 aromatic heterocycles. The number of aryl methyl sites for hydroxylation is 1. The number of guanidine groups is 1. The molecule has 0 saturated heterocycles. The standard InChI is InChI=1S/C25H25FN6OS/c1-15(19-6-4-5-7-20(19)26)32(14-17-8-10-21-22(12-17)34-16(2)30-21)24(33)18-9-11-23(29-13-18)31-25(27)28-3/h4-13,15H,14H2,1-3H3,(H3,27,28,29,31)/t15-/m1/s1. The van der Waals surface area contributed by atoms with E-state index in [0.717, 1.165) is 20.8 Å². The highest BCUT2D eigenvalue weighted by Crippen LogP contribution is 2.29. The third-order valence-corrected chi connectivity index (χ3v) is 6.44. The van der Waals surface area contributed by atoms with Crippen molar-refractivity contribution in [2.24, 2.45) is 10.7 Å². The Hall–Kier alpha value is -3.85. The number of hydrogen-bond acceptors (Lipinski definition) is 5.